The number of aryl methyl sites for hydroxylation is 1. The number of anilines is 1. The van der Waals surface area contributed by atoms with Gasteiger partial charge in [-0.3, -0.25) is 0 Å². The van der Waals surface area contributed by atoms with Crippen LogP contribution in [0.1, 0.15) is 63.7 Å². The first-order valence-electron chi connectivity index (χ1n) is 10.2. The number of rotatable bonds is 3. The zero-order valence-electron chi connectivity index (χ0n) is 17.6. The second-order valence-electron chi connectivity index (χ2n) is 9.59. The van der Waals surface area contributed by atoms with Crippen LogP contribution in [0.25, 0.3) is 11.0 Å². The van der Waals surface area contributed by atoms with E-state index in [1.54, 1.807) is 0 Å². The summed E-state index contributed by atoms with van der Waals surface area (Å²) >= 11 is 0. The summed E-state index contributed by atoms with van der Waals surface area (Å²) in [5.74, 6) is 1.06. The second-order valence-corrected chi connectivity index (χ2v) is 9.59. The molecule has 1 aliphatic rings. The molecule has 0 radical (unpaired) electrons. The lowest BCUT2D eigenvalue weighted by atomic mass is 9.83. The summed E-state index contributed by atoms with van der Waals surface area (Å²) in [6, 6.07) is 12.9. The Morgan fingerprint density at radius 2 is 1.61 bits per heavy atom. The number of nitrogens with zero attached hydrogens (tertiary/aromatic N) is 3. The maximum atomic E-state index is 4.94. The summed E-state index contributed by atoms with van der Waals surface area (Å²) in [6.07, 6.45) is 3.13. The van der Waals surface area contributed by atoms with Gasteiger partial charge in [0, 0.05) is 46.3 Å². The van der Waals surface area contributed by atoms with Crippen molar-refractivity contribution < 1.29 is 0 Å². The number of pyridine rings is 3. The van der Waals surface area contributed by atoms with Gasteiger partial charge in [0.05, 0.1) is 0 Å². The van der Waals surface area contributed by atoms with Crippen molar-refractivity contribution in [1.82, 2.24) is 15.0 Å². The highest BCUT2D eigenvalue weighted by atomic mass is 15.0. The highest BCUT2D eigenvalue weighted by molar-refractivity contribution is 5.75. The van der Waals surface area contributed by atoms with Gasteiger partial charge in [0.25, 0.3) is 0 Å². The van der Waals surface area contributed by atoms with Crippen LogP contribution in [0.5, 0.6) is 0 Å². The van der Waals surface area contributed by atoms with Crippen molar-refractivity contribution in [2.45, 2.75) is 64.7 Å². The summed E-state index contributed by atoms with van der Waals surface area (Å²) in [5, 5.41) is 4.54. The zero-order valence-corrected chi connectivity index (χ0v) is 17.6. The number of aromatic nitrogens is 3. The standard InChI is InChI=1S/C24H30N4/c1-23(2,3)19-12-9-17-8-11-18(26-22(17)27-19)15-24(4,5)20-13-10-16-7-6-14-25-21(16)28-20/h8-13H,6-7,14-15H2,1-5H3,(H,25,28). The van der Waals surface area contributed by atoms with Crippen molar-refractivity contribution in [2.24, 2.45) is 0 Å². The third kappa shape index (κ3) is 3.73. The zero-order chi connectivity index (χ0) is 19.9. The van der Waals surface area contributed by atoms with Gasteiger partial charge in [-0.15, -0.1) is 0 Å². The van der Waals surface area contributed by atoms with Crippen LogP contribution < -0.4 is 5.32 Å². The molecule has 0 fully saturated rings. The first kappa shape index (κ1) is 18.9. The number of hydrogen-bond donors (Lipinski definition) is 1. The van der Waals surface area contributed by atoms with Crippen LogP contribution >= 0.6 is 0 Å². The molecule has 0 aromatic carbocycles. The van der Waals surface area contributed by atoms with E-state index in [9.17, 15) is 0 Å². The summed E-state index contributed by atoms with van der Waals surface area (Å²) in [4.78, 5) is 14.7. The number of hydrogen-bond acceptors (Lipinski definition) is 4. The van der Waals surface area contributed by atoms with Crippen LogP contribution in [-0.2, 0) is 23.7 Å². The first-order chi connectivity index (χ1) is 13.2. The number of fused-ring (bicyclic) bond motifs is 2. The van der Waals surface area contributed by atoms with E-state index in [1.165, 1.54) is 12.0 Å². The van der Waals surface area contributed by atoms with Crippen molar-refractivity contribution in [3.05, 3.63) is 59.0 Å². The topological polar surface area (TPSA) is 50.7 Å². The summed E-state index contributed by atoms with van der Waals surface area (Å²) < 4.78 is 0. The molecule has 28 heavy (non-hydrogen) atoms. The molecule has 4 nitrogen and oxygen atoms in total. The minimum Gasteiger partial charge on any atom is -0.370 e. The Morgan fingerprint density at radius 3 is 2.39 bits per heavy atom. The molecule has 0 bridgehead atoms. The lowest BCUT2D eigenvalue weighted by Crippen LogP contribution is -2.24. The lowest BCUT2D eigenvalue weighted by molar-refractivity contribution is 0.499. The Labute approximate surface area is 167 Å². The highest BCUT2D eigenvalue weighted by Gasteiger charge is 2.25. The minimum absolute atomic E-state index is 0.0190. The minimum atomic E-state index is -0.101. The van der Waals surface area contributed by atoms with Crippen LogP contribution in [0.2, 0.25) is 0 Å². The van der Waals surface area contributed by atoms with E-state index in [4.69, 9.17) is 15.0 Å². The molecule has 0 amide bonds. The molecule has 0 spiro atoms. The molecule has 1 N–H and O–H groups in total. The van der Waals surface area contributed by atoms with E-state index in [0.29, 0.717) is 0 Å². The van der Waals surface area contributed by atoms with E-state index in [0.717, 1.165) is 53.3 Å². The van der Waals surface area contributed by atoms with Gasteiger partial charge in [0.15, 0.2) is 5.65 Å². The monoisotopic (exact) mass is 374 g/mol. The van der Waals surface area contributed by atoms with Crippen LogP contribution in [0.15, 0.2) is 36.4 Å². The molecule has 0 atom stereocenters. The molecule has 3 aromatic rings. The molecule has 1 aliphatic heterocycles. The lowest BCUT2D eigenvalue weighted by Gasteiger charge is -2.26. The molecule has 4 heteroatoms. The fourth-order valence-electron chi connectivity index (χ4n) is 3.80. The molecule has 0 saturated heterocycles. The molecular weight excluding hydrogens is 344 g/mol. The van der Waals surface area contributed by atoms with E-state index in [2.05, 4.69) is 76.3 Å². The largest absolute Gasteiger partial charge is 0.370 e. The van der Waals surface area contributed by atoms with Gasteiger partial charge in [0.1, 0.15) is 5.82 Å². The van der Waals surface area contributed by atoms with Crippen LogP contribution in [0.4, 0.5) is 5.82 Å². The fourth-order valence-corrected chi connectivity index (χ4v) is 3.80. The van der Waals surface area contributed by atoms with Crippen molar-refractivity contribution in [3.63, 3.8) is 0 Å². The molecule has 4 heterocycles. The average molecular weight is 375 g/mol. The van der Waals surface area contributed by atoms with E-state index in [1.807, 2.05) is 0 Å². The van der Waals surface area contributed by atoms with Gasteiger partial charge in [-0.25, -0.2) is 15.0 Å². The number of nitrogens with one attached hydrogen (secondary N) is 1. The van der Waals surface area contributed by atoms with E-state index >= 15 is 0 Å². The van der Waals surface area contributed by atoms with E-state index in [-0.39, 0.29) is 10.8 Å². The molecule has 0 unspecified atom stereocenters. The average Bonchev–Trinajstić information content (AvgIpc) is 2.66. The predicted octanol–water partition coefficient (Wildman–Crippen LogP) is 5.20. The van der Waals surface area contributed by atoms with Gasteiger partial charge < -0.3 is 5.32 Å². The molecular formula is C24H30N4. The van der Waals surface area contributed by atoms with Gasteiger partial charge in [-0.2, -0.15) is 0 Å². The van der Waals surface area contributed by atoms with Gasteiger partial charge >= 0.3 is 0 Å². The SMILES string of the molecule is CC(C)(C)c1ccc2ccc(CC(C)(C)c3ccc4c(n3)NCCC4)nc2n1. The van der Waals surface area contributed by atoms with Crippen molar-refractivity contribution in [2.75, 3.05) is 11.9 Å². The Balaban J connectivity index is 1.64. The molecule has 4 rings (SSSR count). The van der Waals surface area contributed by atoms with Crippen molar-refractivity contribution in [3.8, 4) is 0 Å². The van der Waals surface area contributed by atoms with Crippen LogP contribution in [0, 0.1) is 0 Å². The first-order valence-corrected chi connectivity index (χ1v) is 10.2. The Morgan fingerprint density at radius 1 is 0.857 bits per heavy atom. The van der Waals surface area contributed by atoms with Gasteiger partial charge in [0.2, 0.25) is 0 Å². The van der Waals surface area contributed by atoms with E-state index < -0.39 is 0 Å². The van der Waals surface area contributed by atoms with Gasteiger partial charge in [-0.1, -0.05) is 40.7 Å². The molecule has 146 valence electrons. The Kier molecular flexibility index (Phi) is 4.60. The van der Waals surface area contributed by atoms with Crippen molar-refractivity contribution >= 4 is 16.9 Å². The molecule has 0 aliphatic carbocycles. The molecule has 0 saturated carbocycles. The fraction of sp³-hybridized carbons (Fsp3) is 0.458. The predicted molar refractivity (Wildman–Crippen MR) is 116 cm³/mol. The Bertz CT molecular complexity index is 1010. The smallest absolute Gasteiger partial charge is 0.159 e. The van der Waals surface area contributed by atoms with Gasteiger partial charge in [-0.05, 0) is 48.7 Å². The quantitative estimate of drug-likeness (QED) is 0.684. The molecule has 3 aromatic heterocycles. The van der Waals surface area contributed by atoms with Crippen LogP contribution in [-0.4, -0.2) is 21.5 Å². The van der Waals surface area contributed by atoms with Crippen LogP contribution in [0.3, 0.4) is 0 Å². The summed E-state index contributed by atoms with van der Waals surface area (Å²) in [5.41, 5.74) is 5.32. The van der Waals surface area contributed by atoms with Crippen molar-refractivity contribution in [1.29, 1.82) is 0 Å². The summed E-state index contributed by atoms with van der Waals surface area (Å²) in [7, 11) is 0. The summed E-state index contributed by atoms with van der Waals surface area (Å²) in [6.45, 7) is 12.1. The maximum absolute atomic E-state index is 4.94. The third-order valence-electron chi connectivity index (χ3n) is 5.59. The second kappa shape index (κ2) is 6.84. The highest BCUT2D eigenvalue weighted by Crippen LogP contribution is 2.30. The third-order valence-corrected chi connectivity index (χ3v) is 5.59. The Hall–Kier alpha value is -2.49. The maximum Gasteiger partial charge on any atom is 0.159 e. The normalized spacial score (nSPS) is 14.6.